The predicted molar refractivity (Wildman–Crippen MR) is 111 cm³/mol. The molecule has 0 aromatic heterocycles. The van der Waals surface area contributed by atoms with Crippen LogP contribution in [0.2, 0.25) is 0 Å². The Hall–Kier alpha value is -3.22. The van der Waals surface area contributed by atoms with E-state index in [0.717, 1.165) is 23.3 Å². The molecule has 1 saturated heterocycles. The van der Waals surface area contributed by atoms with Gasteiger partial charge in [-0.1, -0.05) is 55.8 Å². The Morgan fingerprint density at radius 2 is 1.80 bits per heavy atom. The smallest absolute Gasteiger partial charge is 0.325 e. The third-order valence-corrected chi connectivity index (χ3v) is 5.32. The molecule has 0 radical (unpaired) electrons. The maximum Gasteiger partial charge on any atom is 0.325 e. The number of aryl methyl sites for hydroxylation is 1. The minimum atomic E-state index is -1.21. The molecule has 7 heteroatoms. The van der Waals surface area contributed by atoms with Gasteiger partial charge in [0, 0.05) is 6.54 Å². The van der Waals surface area contributed by atoms with Gasteiger partial charge in [0.25, 0.3) is 5.91 Å². The van der Waals surface area contributed by atoms with Crippen molar-refractivity contribution in [1.82, 2.24) is 15.5 Å². The summed E-state index contributed by atoms with van der Waals surface area (Å²) in [5, 5.41) is 5.34. The van der Waals surface area contributed by atoms with E-state index in [0.29, 0.717) is 17.5 Å². The van der Waals surface area contributed by atoms with Crippen molar-refractivity contribution in [2.45, 2.75) is 38.6 Å². The summed E-state index contributed by atoms with van der Waals surface area (Å²) in [7, 11) is 0. The van der Waals surface area contributed by atoms with Gasteiger partial charge >= 0.3 is 6.03 Å². The summed E-state index contributed by atoms with van der Waals surface area (Å²) in [5.41, 5.74) is 1.11. The first-order chi connectivity index (χ1) is 14.3. The lowest BCUT2D eigenvalue weighted by Gasteiger charge is -2.22. The van der Waals surface area contributed by atoms with Crippen LogP contribution in [0, 0.1) is 5.82 Å². The number of nitrogens with zero attached hydrogens (tertiary/aromatic N) is 1. The highest BCUT2D eigenvalue weighted by Gasteiger charge is 2.49. The van der Waals surface area contributed by atoms with Crippen molar-refractivity contribution in [3.05, 3.63) is 71.0 Å². The molecule has 0 aliphatic carbocycles. The number of imide groups is 1. The number of hydrogen-bond acceptors (Lipinski definition) is 3. The van der Waals surface area contributed by atoms with Crippen LogP contribution in [0.25, 0.3) is 0 Å². The van der Waals surface area contributed by atoms with Crippen LogP contribution in [0.15, 0.2) is 48.5 Å². The second-order valence-electron chi connectivity index (χ2n) is 7.58. The van der Waals surface area contributed by atoms with Gasteiger partial charge in [-0.15, -0.1) is 0 Å². The van der Waals surface area contributed by atoms with Crippen LogP contribution in [-0.4, -0.2) is 35.8 Å². The number of carbonyl (C=O) groups excluding carboxylic acids is 3. The van der Waals surface area contributed by atoms with Gasteiger partial charge in [-0.05, 0) is 42.5 Å². The molecular formula is C23H26FN3O3. The first-order valence-electron chi connectivity index (χ1n) is 10.1. The van der Waals surface area contributed by atoms with Gasteiger partial charge in [0.1, 0.15) is 17.9 Å². The van der Waals surface area contributed by atoms with Crippen LogP contribution >= 0.6 is 0 Å². The highest BCUT2D eigenvalue weighted by atomic mass is 19.1. The van der Waals surface area contributed by atoms with Crippen molar-refractivity contribution >= 4 is 17.8 Å². The first-order valence-corrected chi connectivity index (χ1v) is 10.1. The molecule has 0 unspecified atom stereocenters. The Labute approximate surface area is 175 Å². The Morgan fingerprint density at radius 1 is 1.10 bits per heavy atom. The van der Waals surface area contributed by atoms with Crippen molar-refractivity contribution < 1.29 is 18.8 Å². The van der Waals surface area contributed by atoms with E-state index in [1.165, 1.54) is 6.07 Å². The average Bonchev–Trinajstić information content (AvgIpc) is 2.94. The highest BCUT2D eigenvalue weighted by Crippen LogP contribution is 2.29. The fourth-order valence-corrected chi connectivity index (χ4v) is 3.57. The Morgan fingerprint density at radius 3 is 2.47 bits per heavy atom. The van der Waals surface area contributed by atoms with Gasteiger partial charge in [-0.2, -0.15) is 0 Å². The van der Waals surface area contributed by atoms with Crippen LogP contribution < -0.4 is 10.6 Å². The largest absolute Gasteiger partial charge is 0.354 e. The summed E-state index contributed by atoms with van der Waals surface area (Å²) in [6.07, 6.45) is 2.28. The number of carbonyl (C=O) groups is 3. The third-order valence-electron chi connectivity index (χ3n) is 5.32. The van der Waals surface area contributed by atoms with E-state index in [1.807, 2.05) is 24.3 Å². The number of rotatable bonds is 8. The van der Waals surface area contributed by atoms with E-state index in [4.69, 9.17) is 0 Å². The molecule has 2 aromatic carbocycles. The van der Waals surface area contributed by atoms with Gasteiger partial charge in [0.05, 0.1) is 0 Å². The molecule has 0 saturated carbocycles. The molecule has 2 N–H and O–H groups in total. The van der Waals surface area contributed by atoms with Crippen LogP contribution in [-0.2, 0) is 28.0 Å². The topological polar surface area (TPSA) is 78.5 Å². The summed E-state index contributed by atoms with van der Waals surface area (Å²) in [6, 6.07) is 13.3. The van der Waals surface area contributed by atoms with E-state index >= 15 is 0 Å². The SMILES string of the molecule is CCCc1ccc([C@]2(C)NC(=O)N(CC(=O)NCCc3ccccc3F)C2=O)cc1. The van der Waals surface area contributed by atoms with Gasteiger partial charge in [-0.3, -0.25) is 14.5 Å². The number of amides is 4. The molecule has 1 aliphatic heterocycles. The average molecular weight is 411 g/mol. The quantitative estimate of drug-likeness (QED) is 0.656. The molecule has 1 atom stereocenters. The fourth-order valence-electron chi connectivity index (χ4n) is 3.57. The van der Waals surface area contributed by atoms with Crippen molar-refractivity contribution in [1.29, 1.82) is 0 Å². The lowest BCUT2D eigenvalue weighted by atomic mass is 9.91. The molecule has 30 heavy (non-hydrogen) atoms. The molecular weight excluding hydrogens is 385 g/mol. The Balaban J connectivity index is 1.60. The molecule has 4 amide bonds. The molecule has 1 heterocycles. The maximum absolute atomic E-state index is 13.6. The monoisotopic (exact) mass is 411 g/mol. The zero-order chi connectivity index (χ0) is 21.7. The van der Waals surface area contributed by atoms with E-state index in [9.17, 15) is 18.8 Å². The molecule has 2 aromatic rings. The van der Waals surface area contributed by atoms with Crippen LogP contribution in [0.3, 0.4) is 0 Å². The molecule has 158 valence electrons. The molecule has 3 rings (SSSR count). The maximum atomic E-state index is 13.6. The van der Waals surface area contributed by atoms with Gasteiger partial charge in [0.2, 0.25) is 5.91 Å². The van der Waals surface area contributed by atoms with Crippen molar-refractivity contribution in [3.63, 3.8) is 0 Å². The molecule has 0 spiro atoms. The fraction of sp³-hybridized carbons (Fsp3) is 0.348. The number of hydrogen-bond donors (Lipinski definition) is 2. The van der Waals surface area contributed by atoms with Crippen LogP contribution in [0.5, 0.6) is 0 Å². The minimum absolute atomic E-state index is 0.208. The van der Waals surface area contributed by atoms with Crippen molar-refractivity contribution in [2.75, 3.05) is 13.1 Å². The standard InChI is InChI=1S/C23H26FN3O3/c1-3-6-16-9-11-18(12-10-16)23(2)21(29)27(22(30)26-23)15-20(28)25-14-13-17-7-4-5-8-19(17)24/h4-5,7-12H,3,6,13-15H2,1-2H3,(H,25,28)(H,26,30)/t23-/m0/s1. The summed E-state index contributed by atoms with van der Waals surface area (Å²) < 4.78 is 13.6. The van der Waals surface area contributed by atoms with E-state index in [2.05, 4.69) is 17.6 Å². The van der Waals surface area contributed by atoms with E-state index in [-0.39, 0.29) is 18.9 Å². The lowest BCUT2D eigenvalue weighted by molar-refractivity contribution is -0.134. The lowest BCUT2D eigenvalue weighted by Crippen LogP contribution is -2.43. The van der Waals surface area contributed by atoms with Crippen LogP contribution in [0.1, 0.15) is 37.0 Å². The summed E-state index contributed by atoms with van der Waals surface area (Å²) >= 11 is 0. The molecule has 0 bridgehead atoms. The van der Waals surface area contributed by atoms with E-state index in [1.54, 1.807) is 25.1 Å². The van der Waals surface area contributed by atoms with Crippen molar-refractivity contribution in [3.8, 4) is 0 Å². The minimum Gasteiger partial charge on any atom is -0.354 e. The normalized spacial score (nSPS) is 18.4. The van der Waals surface area contributed by atoms with Crippen LogP contribution in [0.4, 0.5) is 9.18 Å². The first kappa shape index (κ1) is 21.5. The van der Waals surface area contributed by atoms with E-state index < -0.39 is 23.4 Å². The molecule has 6 nitrogen and oxygen atoms in total. The number of benzene rings is 2. The van der Waals surface area contributed by atoms with Gasteiger partial charge < -0.3 is 10.6 Å². The summed E-state index contributed by atoms with van der Waals surface area (Å²) in [4.78, 5) is 38.5. The summed E-state index contributed by atoms with van der Waals surface area (Å²) in [5.74, 6) is -1.28. The number of nitrogens with one attached hydrogen (secondary N) is 2. The van der Waals surface area contributed by atoms with Crippen molar-refractivity contribution in [2.24, 2.45) is 0 Å². The second kappa shape index (κ2) is 9.07. The molecule has 1 aliphatic rings. The zero-order valence-electron chi connectivity index (χ0n) is 17.2. The summed E-state index contributed by atoms with van der Waals surface area (Å²) in [6.45, 7) is 3.55. The number of urea groups is 1. The Bertz CT molecular complexity index is 945. The third kappa shape index (κ3) is 4.50. The number of halogens is 1. The molecule has 1 fully saturated rings. The van der Waals surface area contributed by atoms with Gasteiger partial charge in [0.15, 0.2) is 0 Å². The second-order valence-corrected chi connectivity index (χ2v) is 7.58. The predicted octanol–water partition coefficient (Wildman–Crippen LogP) is 2.90. The zero-order valence-corrected chi connectivity index (χ0v) is 17.2. The van der Waals surface area contributed by atoms with Gasteiger partial charge in [-0.25, -0.2) is 9.18 Å². The Kier molecular flexibility index (Phi) is 6.50. The highest BCUT2D eigenvalue weighted by molar-refractivity contribution is 6.09.